The van der Waals surface area contributed by atoms with Crippen LogP contribution in [-0.4, -0.2) is 9.78 Å². The van der Waals surface area contributed by atoms with E-state index in [1.807, 2.05) is 6.07 Å². The van der Waals surface area contributed by atoms with Gasteiger partial charge >= 0.3 is 0 Å². The summed E-state index contributed by atoms with van der Waals surface area (Å²) < 4.78 is 15.3. The highest BCUT2D eigenvalue weighted by Gasteiger charge is 2.13. The summed E-state index contributed by atoms with van der Waals surface area (Å²) in [6.45, 7) is 2.11. The van der Waals surface area contributed by atoms with Gasteiger partial charge in [0.15, 0.2) is 0 Å². The molecule has 0 bridgehead atoms. The van der Waals surface area contributed by atoms with Crippen LogP contribution >= 0.6 is 11.3 Å². The Morgan fingerprint density at radius 2 is 2.05 bits per heavy atom. The summed E-state index contributed by atoms with van der Waals surface area (Å²) in [4.78, 5) is 2.29. The molecule has 0 saturated carbocycles. The van der Waals surface area contributed by atoms with Crippen molar-refractivity contribution < 1.29 is 4.39 Å². The number of aromatic nitrogens is 2. The summed E-state index contributed by atoms with van der Waals surface area (Å²) in [5.74, 6) is -0.318. The Labute approximate surface area is 120 Å². The Morgan fingerprint density at radius 1 is 1.25 bits per heavy atom. The molecule has 20 heavy (non-hydrogen) atoms. The number of rotatable bonds is 3. The molecule has 0 saturated heterocycles. The van der Waals surface area contributed by atoms with E-state index in [2.05, 4.69) is 18.1 Å². The summed E-state index contributed by atoms with van der Waals surface area (Å²) >= 11 is 1.66. The molecule has 0 fully saturated rings. The van der Waals surface area contributed by atoms with Crippen molar-refractivity contribution in [2.75, 3.05) is 5.73 Å². The van der Waals surface area contributed by atoms with Crippen molar-refractivity contribution in [3.63, 3.8) is 0 Å². The van der Waals surface area contributed by atoms with Gasteiger partial charge in [0.1, 0.15) is 17.2 Å². The number of aryl methyl sites for hydroxylation is 1. The van der Waals surface area contributed by atoms with Crippen LogP contribution in [0.1, 0.15) is 11.8 Å². The van der Waals surface area contributed by atoms with Gasteiger partial charge < -0.3 is 5.73 Å². The number of thiophene rings is 1. The Kier molecular flexibility index (Phi) is 3.28. The Balaban J connectivity index is 2.05. The van der Waals surface area contributed by atoms with E-state index in [-0.39, 0.29) is 5.82 Å². The van der Waals surface area contributed by atoms with Crippen LogP contribution in [0.15, 0.2) is 42.6 Å². The number of nitrogens with zero attached hydrogens (tertiary/aromatic N) is 2. The SMILES string of the molecule is CCc1ccc(-c2nn(-c3ccccc3F)cc2N)s1. The lowest BCUT2D eigenvalue weighted by molar-refractivity contribution is 0.611. The molecule has 2 heterocycles. The number of para-hydroxylation sites is 1. The summed E-state index contributed by atoms with van der Waals surface area (Å²) in [5, 5.41) is 4.42. The predicted octanol–water partition coefficient (Wildman–Crippen LogP) is 3.88. The van der Waals surface area contributed by atoms with Crippen molar-refractivity contribution in [2.45, 2.75) is 13.3 Å². The molecule has 0 atom stereocenters. The molecule has 3 rings (SSSR count). The molecule has 102 valence electrons. The van der Waals surface area contributed by atoms with Gasteiger partial charge in [-0.15, -0.1) is 11.3 Å². The molecular weight excluding hydrogens is 273 g/mol. The second kappa shape index (κ2) is 5.09. The molecule has 3 nitrogen and oxygen atoms in total. The number of benzene rings is 1. The number of hydrogen-bond acceptors (Lipinski definition) is 3. The average molecular weight is 287 g/mol. The zero-order chi connectivity index (χ0) is 14.1. The molecule has 0 aliphatic carbocycles. The van der Waals surface area contributed by atoms with Crippen LogP contribution in [0.4, 0.5) is 10.1 Å². The Morgan fingerprint density at radius 3 is 2.75 bits per heavy atom. The van der Waals surface area contributed by atoms with Crippen LogP contribution in [0, 0.1) is 5.82 Å². The van der Waals surface area contributed by atoms with Crippen molar-refractivity contribution in [1.29, 1.82) is 0 Å². The molecule has 1 aromatic carbocycles. The first-order valence-electron chi connectivity index (χ1n) is 6.38. The van der Waals surface area contributed by atoms with E-state index in [4.69, 9.17) is 5.73 Å². The van der Waals surface area contributed by atoms with Gasteiger partial charge in [-0.25, -0.2) is 9.07 Å². The van der Waals surface area contributed by atoms with Crippen LogP contribution in [0.3, 0.4) is 0 Å². The zero-order valence-corrected chi connectivity index (χ0v) is 11.8. The minimum Gasteiger partial charge on any atom is -0.396 e. The van der Waals surface area contributed by atoms with E-state index >= 15 is 0 Å². The number of nitrogen functional groups attached to an aromatic ring is 1. The highest BCUT2D eigenvalue weighted by atomic mass is 32.1. The predicted molar refractivity (Wildman–Crippen MR) is 80.6 cm³/mol. The third-order valence-electron chi connectivity index (χ3n) is 3.09. The van der Waals surface area contributed by atoms with Crippen LogP contribution in [0.2, 0.25) is 0 Å². The summed E-state index contributed by atoms with van der Waals surface area (Å²) in [6, 6.07) is 10.6. The minimum absolute atomic E-state index is 0.318. The van der Waals surface area contributed by atoms with Gasteiger partial charge in [-0.2, -0.15) is 5.10 Å². The quantitative estimate of drug-likeness (QED) is 0.794. The lowest BCUT2D eigenvalue weighted by Gasteiger charge is -2.01. The van der Waals surface area contributed by atoms with Crippen molar-refractivity contribution in [3.05, 3.63) is 53.3 Å². The molecule has 0 spiro atoms. The molecular formula is C15H14FN3S. The maximum atomic E-state index is 13.8. The van der Waals surface area contributed by atoms with Crippen LogP contribution < -0.4 is 5.73 Å². The molecule has 0 unspecified atom stereocenters. The average Bonchev–Trinajstić information content (AvgIpc) is 3.05. The molecule has 0 aliphatic heterocycles. The Bertz CT molecular complexity index is 745. The number of nitrogens with two attached hydrogens (primary N) is 1. The topological polar surface area (TPSA) is 43.8 Å². The van der Waals surface area contributed by atoms with Crippen molar-refractivity contribution in [2.24, 2.45) is 0 Å². The lowest BCUT2D eigenvalue weighted by atomic mass is 10.3. The maximum absolute atomic E-state index is 13.8. The lowest BCUT2D eigenvalue weighted by Crippen LogP contribution is -1.97. The zero-order valence-electron chi connectivity index (χ0n) is 11.0. The van der Waals surface area contributed by atoms with Gasteiger partial charge in [0.25, 0.3) is 0 Å². The molecule has 5 heteroatoms. The fraction of sp³-hybridized carbons (Fsp3) is 0.133. The van der Waals surface area contributed by atoms with Crippen molar-refractivity contribution in [3.8, 4) is 16.3 Å². The molecule has 0 aliphatic rings. The van der Waals surface area contributed by atoms with Gasteiger partial charge in [0, 0.05) is 4.88 Å². The number of anilines is 1. The first-order valence-corrected chi connectivity index (χ1v) is 7.20. The summed E-state index contributed by atoms with van der Waals surface area (Å²) in [7, 11) is 0. The van der Waals surface area contributed by atoms with Crippen LogP contribution in [0.25, 0.3) is 16.3 Å². The fourth-order valence-electron chi connectivity index (χ4n) is 2.03. The molecule has 2 N–H and O–H groups in total. The van der Waals surface area contributed by atoms with Gasteiger partial charge in [0.2, 0.25) is 0 Å². The molecule has 3 aromatic rings. The first-order chi connectivity index (χ1) is 9.69. The summed E-state index contributed by atoms with van der Waals surface area (Å²) in [5.41, 5.74) is 7.67. The van der Waals surface area contributed by atoms with E-state index < -0.39 is 0 Å². The van der Waals surface area contributed by atoms with Crippen LogP contribution in [0.5, 0.6) is 0 Å². The van der Waals surface area contributed by atoms with Gasteiger partial charge in [-0.3, -0.25) is 0 Å². The van der Waals surface area contributed by atoms with E-state index in [1.54, 1.807) is 35.7 Å². The number of hydrogen-bond donors (Lipinski definition) is 1. The van der Waals surface area contributed by atoms with Gasteiger partial charge in [-0.05, 0) is 30.7 Å². The van der Waals surface area contributed by atoms with Crippen molar-refractivity contribution in [1.82, 2.24) is 9.78 Å². The van der Waals surface area contributed by atoms with Gasteiger partial charge in [-0.1, -0.05) is 19.1 Å². The van der Waals surface area contributed by atoms with Crippen molar-refractivity contribution >= 4 is 17.0 Å². The minimum atomic E-state index is -0.318. The highest BCUT2D eigenvalue weighted by Crippen LogP contribution is 2.32. The Hall–Kier alpha value is -2.14. The largest absolute Gasteiger partial charge is 0.396 e. The standard InChI is InChI=1S/C15H14FN3S/c1-2-10-7-8-14(20-10)15-12(17)9-19(18-15)13-6-4-3-5-11(13)16/h3-9H,2,17H2,1H3. The smallest absolute Gasteiger partial charge is 0.148 e. The molecule has 2 aromatic heterocycles. The molecule has 0 radical (unpaired) electrons. The molecule has 0 amide bonds. The highest BCUT2D eigenvalue weighted by molar-refractivity contribution is 7.15. The van der Waals surface area contributed by atoms with E-state index in [0.29, 0.717) is 17.1 Å². The second-order valence-corrected chi connectivity index (χ2v) is 5.62. The van der Waals surface area contributed by atoms with Gasteiger partial charge in [0.05, 0.1) is 16.8 Å². The fourth-order valence-corrected chi connectivity index (χ4v) is 2.99. The van der Waals surface area contributed by atoms with E-state index in [1.165, 1.54) is 15.6 Å². The summed E-state index contributed by atoms with van der Waals surface area (Å²) in [6.07, 6.45) is 2.64. The second-order valence-electron chi connectivity index (χ2n) is 4.45. The third kappa shape index (κ3) is 2.20. The maximum Gasteiger partial charge on any atom is 0.148 e. The third-order valence-corrected chi connectivity index (χ3v) is 4.32. The monoisotopic (exact) mass is 287 g/mol. The number of halogens is 1. The van der Waals surface area contributed by atoms with Crippen LogP contribution in [-0.2, 0) is 6.42 Å². The van der Waals surface area contributed by atoms with E-state index in [0.717, 1.165) is 11.3 Å². The first kappa shape index (κ1) is 12.9. The normalized spacial score (nSPS) is 10.9. The van der Waals surface area contributed by atoms with E-state index in [9.17, 15) is 4.39 Å².